The van der Waals surface area contributed by atoms with Crippen LogP contribution in [0.5, 0.6) is 0 Å². The summed E-state index contributed by atoms with van der Waals surface area (Å²) in [6.45, 7) is 5.59. The first-order valence-corrected chi connectivity index (χ1v) is 14.4. The lowest BCUT2D eigenvalue weighted by Gasteiger charge is -2.28. The summed E-state index contributed by atoms with van der Waals surface area (Å²) in [5, 5.41) is 9.94. The Balaban J connectivity index is 0.00000134. The van der Waals surface area contributed by atoms with Gasteiger partial charge >= 0.3 is 6.18 Å². The maximum Gasteiger partial charge on any atom is 0.416 e. The number of nitrogens with zero attached hydrogens (tertiary/aromatic N) is 4. The summed E-state index contributed by atoms with van der Waals surface area (Å²) in [6, 6.07) is 7.47. The Hall–Kier alpha value is -2.78. The number of halogens is 4. The number of nitriles is 1. The highest BCUT2D eigenvalue weighted by Crippen LogP contribution is 2.37. The number of aromatic nitrogens is 2. The molecule has 4 rings (SSSR count). The SMILES string of the molecule is CCN.CCS(=O)c1ccc(Cl)cc1Cn1cnc2c(C#N)c(CN3CCCCC3)c(C(F)(F)F)cc2c1=O. The number of rotatable bonds is 6. The van der Waals surface area contributed by atoms with Crippen molar-refractivity contribution in [1.82, 2.24) is 14.5 Å². The van der Waals surface area contributed by atoms with E-state index >= 15 is 0 Å². The van der Waals surface area contributed by atoms with Crippen molar-refractivity contribution in [2.45, 2.75) is 57.3 Å². The van der Waals surface area contributed by atoms with Crippen LogP contribution in [0.3, 0.4) is 0 Å². The number of nitrogens with two attached hydrogens (primary N) is 1. The van der Waals surface area contributed by atoms with Gasteiger partial charge in [0, 0.05) is 22.2 Å². The van der Waals surface area contributed by atoms with E-state index in [9.17, 15) is 27.4 Å². The summed E-state index contributed by atoms with van der Waals surface area (Å²) in [6.07, 6.45) is -0.756. The maximum atomic E-state index is 14.1. The average Bonchev–Trinajstić information content (AvgIpc) is 2.90. The summed E-state index contributed by atoms with van der Waals surface area (Å²) in [7, 11) is -1.34. The molecule has 12 heteroatoms. The molecule has 0 radical (unpaired) electrons. The van der Waals surface area contributed by atoms with E-state index < -0.39 is 28.1 Å². The summed E-state index contributed by atoms with van der Waals surface area (Å²) in [4.78, 5) is 20.0. The highest BCUT2D eigenvalue weighted by Gasteiger charge is 2.36. The van der Waals surface area contributed by atoms with Gasteiger partial charge in [0.05, 0.1) is 45.7 Å². The Morgan fingerprint density at radius 2 is 1.82 bits per heavy atom. The third-order valence-electron chi connectivity index (χ3n) is 6.34. The quantitative estimate of drug-likeness (QED) is 0.436. The standard InChI is InChI=1S/C25H24ClF3N4O2S.C2H7N/c1-2-36(35)22-7-6-17(26)10-16(22)13-33-15-31-23-18(24(33)34)11-21(25(27,28)29)20(19(23)12-30)14-32-8-4-3-5-9-32;1-2-3/h6-7,10-11,15H,2-5,8-9,13-14H2,1H3;2-3H2,1H3. The minimum Gasteiger partial charge on any atom is -0.331 e. The van der Waals surface area contributed by atoms with Gasteiger partial charge in [-0.2, -0.15) is 18.4 Å². The van der Waals surface area contributed by atoms with E-state index in [0.29, 0.717) is 34.3 Å². The molecule has 1 atom stereocenters. The van der Waals surface area contributed by atoms with Gasteiger partial charge in [0.1, 0.15) is 6.07 Å². The summed E-state index contributed by atoms with van der Waals surface area (Å²) >= 11 is 6.11. The van der Waals surface area contributed by atoms with Crippen LogP contribution in [0.2, 0.25) is 5.02 Å². The normalized spacial score (nSPS) is 14.9. The lowest BCUT2D eigenvalue weighted by atomic mass is 9.96. The molecule has 2 N–H and O–H groups in total. The van der Waals surface area contributed by atoms with Crippen LogP contribution in [0.15, 0.2) is 40.3 Å². The van der Waals surface area contributed by atoms with Crippen molar-refractivity contribution in [2.24, 2.45) is 5.73 Å². The molecule has 3 aromatic rings. The Morgan fingerprint density at radius 1 is 1.15 bits per heavy atom. The second-order valence-electron chi connectivity index (χ2n) is 9.09. The lowest BCUT2D eigenvalue weighted by molar-refractivity contribution is -0.138. The molecule has 1 aromatic heterocycles. The van der Waals surface area contributed by atoms with E-state index in [4.69, 9.17) is 17.3 Å². The fourth-order valence-corrected chi connectivity index (χ4v) is 5.71. The van der Waals surface area contributed by atoms with Gasteiger partial charge in [-0.25, -0.2) is 4.98 Å². The summed E-state index contributed by atoms with van der Waals surface area (Å²) in [5.41, 5.74) is 3.19. The van der Waals surface area contributed by atoms with E-state index in [1.54, 1.807) is 25.1 Å². The Kier molecular flexibility index (Phi) is 10.7. The van der Waals surface area contributed by atoms with Crippen LogP contribution in [0, 0.1) is 11.3 Å². The average molecular weight is 582 g/mol. The molecule has 2 aromatic carbocycles. The predicted octanol–water partition coefficient (Wildman–Crippen LogP) is 5.07. The van der Waals surface area contributed by atoms with Crippen LogP contribution >= 0.6 is 11.6 Å². The predicted molar refractivity (Wildman–Crippen MR) is 147 cm³/mol. The van der Waals surface area contributed by atoms with Gasteiger partial charge < -0.3 is 5.73 Å². The highest BCUT2D eigenvalue weighted by molar-refractivity contribution is 7.85. The first-order chi connectivity index (χ1) is 18.5. The third kappa shape index (κ3) is 7.25. The molecule has 1 aliphatic rings. The fourth-order valence-electron chi connectivity index (χ4n) is 4.57. The summed E-state index contributed by atoms with van der Waals surface area (Å²) < 4.78 is 56.1. The number of alkyl halides is 3. The lowest BCUT2D eigenvalue weighted by Crippen LogP contribution is -2.31. The smallest absolute Gasteiger partial charge is 0.331 e. The zero-order chi connectivity index (χ0) is 28.7. The minimum absolute atomic E-state index is 0.0346. The second kappa shape index (κ2) is 13.5. The van der Waals surface area contributed by atoms with E-state index in [-0.39, 0.29) is 35.1 Å². The number of piperidine rings is 1. The molecule has 0 saturated carbocycles. The molecule has 210 valence electrons. The Morgan fingerprint density at radius 3 is 2.41 bits per heavy atom. The maximum absolute atomic E-state index is 14.1. The van der Waals surface area contributed by atoms with Crippen molar-refractivity contribution >= 4 is 33.3 Å². The number of hydrogen-bond donors (Lipinski definition) is 1. The van der Waals surface area contributed by atoms with Crippen molar-refractivity contribution in [2.75, 3.05) is 25.4 Å². The van der Waals surface area contributed by atoms with Crippen molar-refractivity contribution in [3.63, 3.8) is 0 Å². The largest absolute Gasteiger partial charge is 0.416 e. The minimum atomic E-state index is -4.75. The van der Waals surface area contributed by atoms with Crippen molar-refractivity contribution in [3.8, 4) is 6.07 Å². The van der Waals surface area contributed by atoms with Gasteiger partial charge in [-0.3, -0.25) is 18.5 Å². The van der Waals surface area contributed by atoms with Crippen LogP contribution in [0.4, 0.5) is 13.2 Å². The molecule has 1 unspecified atom stereocenters. The van der Waals surface area contributed by atoms with Gasteiger partial charge in [-0.1, -0.05) is 31.9 Å². The molecule has 39 heavy (non-hydrogen) atoms. The zero-order valence-electron chi connectivity index (χ0n) is 21.9. The molecule has 2 heterocycles. The molecular formula is C27H31ClF3N5O2S. The molecule has 0 bridgehead atoms. The monoisotopic (exact) mass is 581 g/mol. The van der Waals surface area contributed by atoms with Gasteiger partial charge in [0.25, 0.3) is 5.56 Å². The number of benzene rings is 2. The number of fused-ring (bicyclic) bond motifs is 1. The van der Waals surface area contributed by atoms with Crippen LogP contribution in [-0.4, -0.2) is 44.0 Å². The molecule has 0 amide bonds. The van der Waals surface area contributed by atoms with Crippen molar-refractivity contribution < 1.29 is 17.4 Å². The second-order valence-corrected chi connectivity index (χ2v) is 11.2. The Bertz CT molecular complexity index is 1450. The molecule has 0 spiro atoms. The van der Waals surface area contributed by atoms with Crippen molar-refractivity contribution in [3.05, 3.63) is 68.2 Å². The molecule has 1 saturated heterocycles. The van der Waals surface area contributed by atoms with Crippen LogP contribution in [0.1, 0.15) is 55.4 Å². The first kappa shape index (κ1) is 30.8. The summed E-state index contributed by atoms with van der Waals surface area (Å²) in [5.74, 6) is 0.347. The number of hydrogen-bond acceptors (Lipinski definition) is 6. The van der Waals surface area contributed by atoms with Crippen LogP contribution in [-0.2, 0) is 30.1 Å². The van der Waals surface area contributed by atoms with Gasteiger partial charge in [0.15, 0.2) is 0 Å². The highest BCUT2D eigenvalue weighted by atomic mass is 35.5. The van der Waals surface area contributed by atoms with E-state index in [1.165, 1.54) is 6.33 Å². The van der Waals surface area contributed by atoms with E-state index in [1.807, 2.05) is 17.9 Å². The zero-order valence-corrected chi connectivity index (χ0v) is 23.4. The van der Waals surface area contributed by atoms with Gasteiger partial charge in [-0.15, -0.1) is 0 Å². The Labute approximate surface area is 232 Å². The van der Waals surface area contributed by atoms with Crippen molar-refractivity contribution in [1.29, 1.82) is 5.26 Å². The molecule has 0 aliphatic carbocycles. The molecular weight excluding hydrogens is 551 g/mol. The van der Waals surface area contributed by atoms with Gasteiger partial charge in [0.2, 0.25) is 0 Å². The number of likely N-dealkylation sites (tertiary alicyclic amines) is 1. The molecule has 1 aliphatic heterocycles. The molecule has 1 fully saturated rings. The topological polar surface area (TPSA) is 105 Å². The molecule has 7 nitrogen and oxygen atoms in total. The van der Waals surface area contributed by atoms with E-state index in [0.717, 1.165) is 36.4 Å². The van der Waals surface area contributed by atoms with Gasteiger partial charge in [-0.05, 0) is 67.9 Å². The fraction of sp³-hybridized carbons (Fsp3) is 0.444. The van der Waals surface area contributed by atoms with E-state index in [2.05, 4.69) is 4.98 Å². The van der Waals surface area contributed by atoms with Crippen LogP contribution < -0.4 is 11.3 Å². The third-order valence-corrected chi connectivity index (χ3v) is 7.99. The first-order valence-electron chi connectivity index (χ1n) is 12.7. The van der Waals surface area contributed by atoms with Crippen LogP contribution in [0.25, 0.3) is 10.9 Å².